The van der Waals surface area contributed by atoms with Gasteiger partial charge in [-0.2, -0.15) is 0 Å². The number of hydrogen-bond acceptors (Lipinski definition) is 3. The Morgan fingerprint density at radius 1 is 1.06 bits per heavy atom. The summed E-state index contributed by atoms with van der Waals surface area (Å²) in [4.78, 5) is 10.9. The monoisotopic (exact) mass is 480 g/mol. The first kappa shape index (κ1) is 25.8. The van der Waals surface area contributed by atoms with Crippen LogP contribution in [-0.4, -0.2) is 28.2 Å². The maximum Gasteiger partial charge on any atom is 0.302 e. The molecule has 0 heterocycles. The van der Waals surface area contributed by atoms with Crippen LogP contribution in [0.5, 0.6) is 0 Å². The van der Waals surface area contributed by atoms with Crippen molar-refractivity contribution in [1.82, 2.24) is 0 Å². The Bertz CT molecular complexity index is 724. The van der Waals surface area contributed by atoms with Crippen molar-refractivity contribution in [2.75, 3.05) is 0 Å². The molecule has 10 atom stereocenters. The normalized spacial score (nSPS) is 48.0. The minimum atomic E-state index is -0.678. The van der Waals surface area contributed by atoms with E-state index in [4.69, 9.17) is 16.3 Å². The number of carbonyl (C=O) groups excluding carboxylic acids is 1. The van der Waals surface area contributed by atoms with E-state index in [2.05, 4.69) is 34.6 Å². The summed E-state index contributed by atoms with van der Waals surface area (Å²) in [6.07, 6.45) is 11.9. The molecule has 0 spiro atoms. The van der Waals surface area contributed by atoms with Crippen LogP contribution in [0.15, 0.2) is 0 Å². The van der Waals surface area contributed by atoms with Gasteiger partial charge in [0.2, 0.25) is 0 Å². The van der Waals surface area contributed by atoms with Gasteiger partial charge in [-0.05, 0) is 91.3 Å². The topological polar surface area (TPSA) is 46.5 Å². The highest BCUT2D eigenvalue weighted by Crippen LogP contribution is 2.70. The van der Waals surface area contributed by atoms with Crippen molar-refractivity contribution in [3.8, 4) is 0 Å². The van der Waals surface area contributed by atoms with E-state index < -0.39 is 11.0 Å². The lowest BCUT2D eigenvalue weighted by molar-refractivity contribution is -0.173. The largest absolute Gasteiger partial charge is 0.462 e. The molecule has 33 heavy (non-hydrogen) atoms. The number of alkyl halides is 1. The van der Waals surface area contributed by atoms with E-state index in [9.17, 15) is 9.90 Å². The van der Waals surface area contributed by atoms with E-state index in [1.54, 1.807) is 0 Å². The van der Waals surface area contributed by atoms with Crippen molar-refractivity contribution in [3.63, 3.8) is 0 Å². The first-order valence-corrected chi connectivity index (χ1v) is 14.3. The summed E-state index contributed by atoms with van der Waals surface area (Å²) in [6.45, 7) is 13.6. The Morgan fingerprint density at radius 2 is 1.79 bits per heavy atom. The van der Waals surface area contributed by atoms with Crippen LogP contribution < -0.4 is 0 Å². The average molecular weight is 481 g/mol. The summed E-state index contributed by atoms with van der Waals surface area (Å²) < 4.78 is 5.57. The highest BCUT2D eigenvalue weighted by Gasteiger charge is 2.67. The highest BCUT2D eigenvalue weighted by molar-refractivity contribution is 6.25. The number of aliphatic hydroxyl groups is 1. The van der Waals surface area contributed by atoms with Gasteiger partial charge in [-0.25, -0.2) is 0 Å². The second-order valence-corrected chi connectivity index (χ2v) is 14.1. The Morgan fingerprint density at radius 3 is 2.45 bits per heavy atom. The van der Waals surface area contributed by atoms with Crippen molar-refractivity contribution in [2.24, 2.45) is 46.3 Å². The number of rotatable bonds is 6. The molecule has 0 radical (unpaired) electrons. The summed E-state index contributed by atoms with van der Waals surface area (Å²) in [5.41, 5.74) is 0.325. The zero-order valence-corrected chi connectivity index (χ0v) is 22.8. The van der Waals surface area contributed by atoms with Gasteiger partial charge in [-0.15, -0.1) is 11.6 Å². The lowest BCUT2D eigenvalue weighted by Gasteiger charge is -2.65. The van der Waals surface area contributed by atoms with E-state index in [1.807, 2.05) is 0 Å². The number of aliphatic hydroxyl groups excluding tert-OH is 1. The molecule has 4 heteroatoms. The van der Waals surface area contributed by atoms with Gasteiger partial charge in [0.1, 0.15) is 6.10 Å². The maximum atomic E-state index is 11.6. The van der Waals surface area contributed by atoms with E-state index in [0.29, 0.717) is 29.6 Å². The van der Waals surface area contributed by atoms with E-state index in [1.165, 1.54) is 51.9 Å². The summed E-state index contributed by atoms with van der Waals surface area (Å²) in [5, 5.41) is 11.5. The van der Waals surface area contributed by atoms with Crippen molar-refractivity contribution in [2.45, 2.75) is 129 Å². The Hall–Kier alpha value is -0.280. The number of esters is 1. The van der Waals surface area contributed by atoms with Gasteiger partial charge in [0, 0.05) is 13.3 Å². The van der Waals surface area contributed by atoms with Crippen LogP contribution in [-0.2, 0) is 9.53 Å². The number of ether oxygens (including phenoxy) is 1. The van der Waals surface area contributed by atoms with Crippen LogP contribution >= 0.6 is 11.6 Å². The molecular formula is C29H49ClO3. The van der Waals surface area contributed by atoms with Gasteiger partial charge in [-0.3, -0.25) is 4.79 Å². The van der Waals surface area contributed by atoms with Gasteiger partial charge in [0.25, 0.3) is 0 Å². The standard InChI is InChI=1S/C29H49ClO3/c1-18(2)8-7-9-19(3)23-10-11-24-22-16-26(32)29(30)17-21(33-20(4)31)12-15-28(29,6)25(22)13-14-27(23,24)5/h18-19,21-26,32H,7-17H2,1-6H3/t19-,21+,22+,23-,24+,25+,26-,27-,28-,29+/m1/s1. The van der Waals surface area contributed by atoms with Crippen molar-refractivity contribution >= 4 is 17.6 Å². The second kappa shape index (κ2) is 9.30. The van der Waals surface area contributed by atoms with Gasteiger partial charge in [-0.1, -0.05) is 53.9 Å². The van der Waals surface area contributed by atoms with Gasteiger partial charge < -0.3 is 9.84 Å². The molecule has 4 rings (SSSR count). The molecule has 0 aromatic heterocycles. The zero-order chi connectivity index (χ0) is 24.2. The van der Waals surface area contributed by atoms with Crippen LogP contribution in [0.1, 0.15) is 112 Å². The predicted molar refractivity (Wildman–Crippen MR) is 135 cm³/mol. The zero-order valence-electron chi connectivity index (χ0n) is 22.0. The van der Waals surface area contributed by atoms with Gasteiger partial charge in [0.15, 0.2) is 0 Å². The van der Waals surface area contributed by atoms with Gasteiger partial charge in [0.05, 0.1) is 11.0 Å². The van der Waals surface area contributed by atoms with E-state index >= 15 is 0 Å². The molecule has 4 saturated carbocycles. The SMILES string of the molecule is CC(=O)O[C@H]1CC[C@]2(C)[C@H]3CC[C@]4(C)[C@@H]([C@H](C)CCCC(C)C)CC[C@H]4[C@@H]3C[C@@H](O)[C@@]2(Cl)C1. The molecule has 3 nitrogen and oxygen atoms in total. The lowest BCUT2D eigenvalue weighted by atomic mass is 9.43. The first-order chi connectivity index (χ1) is 15.4. The average Bonchev–Trinajstić information content (AvgIpc) is 3.07. The third-order valence-corrected chi connectivity index (χ3v) is 12.1. The van der Waals surface area contributed by atoms with Crippen LogP contribution in [0.25, 0.3) is 0 Å². The van der Waals surface area contributed by atoms with Crippen LogP contribution in [0.4, 0.5) is 0 Å². The molecule has 0 aromatic rings. The summed E-state index contributed by atoms with van der Waals surface area (Å²) >= 11 is 7.36. The van der Waals surface area contributed by atoms with Crippen LogP contribution in [0.3, 0.4) is 0 Å². The fraction of sp³-hybridized carbons (Fsp3) is 0.966. The van der Waals surface area contributed by atoms with Crippen LogP contribution in [0, 0.1) is 46.3 Å². The molecule has 4 aliphatic rings. The molecule has 0 aromatic carbocycles. The van der Waals surface area contributed by atoms with Crippen molar-refractivity contribution in [3.05, 3.63) is 0 Å². The Balaban J connectivity index is 1.51. The second-order valence-electron chi connectivity index (χ2n) is 13.4. The smallest absolute Gasteiger partial charge is 0.302 e. The molecule has 1 N–H and O–H groups in total. The molecule has 4 aliphatic carbocycles. The summed E-state index contributed by atoms with van der Waals surface area (Å²) in [5.74, 6) is 4.05. The number of carbonyl (C=O) groups is 1. The third kappa shape index (κ3) is 4.30. The molecule has 0 aliphatic heterocycles. The molecule has 0 bridgehead atoms. The molecule has 0 unspecified atom stereocenters. The number of hydrogen-bond donors (Lipinski definition) is 1. The molecule has 4 fully saturated rings. The lowest BCUT2D eigenvalue weighted by Crippen LogP contribution is -2.66. The van der Waals surface area contributed by atoms with Crippen molar-refractivity contribution in [1.29, 1.82) is 0 Å². The minimum Gasteiger partial charge on any atom is -0.462 e. The van der Waals surface area contributed by atoms with E-state index in [-0.39, 0.29) is 17.5 Å². The minimum absolute atomic E-state index is 0.0875. The number of fused-ring (bicyclic) bond motifs is 5. The molecule has 0 amide bonds. The maximum absolute atomic E-state index is 11.6. The highest BCUT2D eigenvalue weighted by atomic mass is 35.5. The van der Waals surface area contributed by atoms with Gasteiger partial charge >= 0.3 is 5.97 Å². The predicted octanol–water partition coefficient (Wildman–Crippen LogP) is 7.37. The third-order valence-electron chi connectivity index (χ3n) is 11.3. The Labute approximate surface area is 207 Å². The Kier molecular flexibility index (Phi) is 7.28. The first-order valence-electron chi connectivity index (χ1n) is 14.0. The summed E-state index contributed by atoms with van der Waals surface area (Å²) in [7, 11) is 0. The number of halogens is 1. The summed E-state index contributed by atoms with van der Waals surface area (Å²) in [6, 6.07) is 0. The molecule has 190 valence electrons. The molecule has 0 saturated heterocycles. The van der Waals surface area contributed by atoms with Crippen LogP contribution in [0.2, 0.25) is 0 Å². The molecular weight excluding hydrogens is 432 g/mol. The quantitative estimate of drug-likeness (QED) is 0.318. The fourth-order valence-corrected chi connectivity index (χ4v) is 10.1. The fourth-order valence-electron chi connectivity index (χ4n) is 9.56. The van der Waals surface area contributed by atoms with Crippen molar-refractivity contribution < 1.29 is 14.6 Å². The van der Waals surface area contributed by atoms with E-state index in [0.717, 1.165) is 37.0 Å².